The van der Waals surface area contributed by atoms with Crippen molar-refractivity contribution in [2.75, 3.05) is 6.54 Å². The first-order valence-electron chi connectivity index (χ1n) is 4.96. The van der Waals surface area contributed by atoms with Gasteiger partial charge in [-0.15, -0.1) is 0 Å². The fourth-order valence-electron chi connectivity index (χ4n) is 0.876. The maximum Gasteiger partial charge on any atom is 0.124 e. The molecule has 0 bridgehead atoms. The lowest BCUT2D eigenvalue weighted by Crippen LogP contribution is -2.15. The Morgan fingerprint density at radius 2 is 1.71 bits per heavy atom. The van der Waals surface area contributed by atoms with Crippen molar-refractivity contribution in [1.82, 2.24) is 4.72 Å². The highest BCUT2D eigenvalue weighted by atomic mass is 32.2. The van der Waals surface area contributed by atoms with E-state index in [1.807, 2.05) is 52.0 Å². The van der Waals surface area contributed by atoms with Gasteiger partial charge in [-0.3, -0.25) is 0 Å². The molecule has 0 aliphatic heterocycles. The third-order valence-electron chi connectivity index (χ3n) is 1.51. The topological polar surface area (TPSA) is 29.1 Å². The van der Waals surface area contributed by atoms with Crippen LogP contribution in [0.5, 0.6) is 0 Å². The van der Waals surface area contributed by atoms with E-state index in [0.29, 0.717) is 0 Å². The van der Waals surface area contributed by atoms with Crippen LogP contribution in [0.4, 0.5) is 0 Å². The number of hydrogen-bond donors (Lipinski definition) is 1. The van der Waals surface area contributed by atoms with E-state index in [-0.39, 0.29) is 0 Å². The lowest BCUT2D eigenvalue weighted by atomic mass is 10.2. The average molecular weight is 213 g/mol. The van der Waals surface area contributed by atoms with E-state index in [9.17, 15) is 4.21 Å². The first-order valence-corrected chi connectivity index (χ1v) is 6.11. The van der Waals surface area contributed by atoms with Crippen molar-refractivity contribution in [1.29, 1.82) is 0 Å². The Morgan fingerprint density at radius 3 is 2.14 bits per heavy atom. The molecule has 0 heterocycles. The van der Waals surface area contributed by atoms with Gasteiger partial charge in [0, 0.05) is 6.54 Å². The Bertz CT molecular complexity index is 269. The summed E-state index contributed by atoms with van der Waals surface area (Å²) in [5, 5.41) is 0. The normalized spacial score (nSPS) is 11.4. The van der Waals surface area contributed by atoms with Crippen molar-refractivity contribution in [2.45, 2.75) is 32.6 Å². The SMILES string of the molecule is CC.CCNS(=O)c1ccc(C)cc1. The highest BCUT2D eigenvalue weighted by Gasteiger charge is 1.99. The van der Waals surface area contributed by atoms with Crippen molar-refractivity contribution in [3.05, 3.63) is 29.8 Å². The van der Waals surface area contributed by atoms with Crippen molar-refractivity contribution in [3.8, 4) is 0 Å². The van der Waals surface area contributed by atoms with Crippen LogP contribution in [-0.2, 0) is 11.0 Å². The van der Waals surface area contributed by atoms with Gasteiger partial charge < -0.3 is 0 Å². The van der Waals surface area contributed by atoms with E-state index in [2.05, 4.69) is 4.72 Å². The minimum absolute atomic E-state index is 0.723. The largest absolute Gasteiger partial charge is 0.238 e. The Morgan fingerprint density at radius 1 is 1.21 bits per heavy atom. The third kappa shape index (κ3) is 4.53. The zero-order chi connectivity index (χ0) is 11.0. The van der Waals surface area contributed by atoms with E-state index in [0.717, 1.165) is 11.4 Å². The molecule has 1 atom stereocenters. The van der Waals surface area contributed by atoms with Crippen molar-refractivity contribution >= 4 is 11.0 Å². The van der Waals surface area contributed by atoms with Crippen LogP contribution < -0.4 is 4.72 Å². The summed E-state index contributed by atoms with van der Waals surface area (Å²) in [6.45, 7) is 8.67. The average Bonchev–Trinajstić information content (AvgIpc) is 2.22. The highest BCUT2D eigenvalue weighted by Crippen LogP contribution is 2.05. The Kier molecular flexibility index (Phi) is 7.34. The molecule has 1 aromatic carbocycles. The van der Waals surface area contributed by atoms with Gasteiger partial charge in [0.1, 0.15) is 11.0 Å². The van der Waals surface area contributed by atoms with Gasteiger partial charge in [0.15, 0.2) is 0 Å². The molecule has 80 valence electrons. The third-order valence-corrected chi connectivity index (χ3v) is 2.76. The van der Waals surface area contributed by atoms with Gasteiger partial charge in [-0.1, -0.05) is 38.5 Å². The Hall–Kier alpha value is -0.670. The van der Waals surface area contributed by atoms with Crippen molar-refractivity contribution in [3.63, 3.8) is 0 Å². The number of nitrogens with one attached hydrogen (secondary N) is 1. The summed E-state index contributed by atoms with van der Waals surface area (Å²) in [5.74, 6) is 0. The lowest BCUT2D eigenvalue weighted by molar-refractivity contribution is 0.674. The zero-order valence-corrected chi connectivity index (χ0v) is 10.1. The Balaban J connectivity index is 0.000000791. The summed E-state index contributed by atoms with van der Waals surface area (Å²) < 4.78 is 14.2. The molecule has 2 nitrogen and oxygen atoms in total. The zero-order valence-electron chi connectivity index (χ0n) is 9.33. The summed E-state index contributed by atoms with van der Waals surface area (Å²) in [6, 6.07) is 7.69. The first kappa shape index (κ1) is 13.3. The summed E-state index contributed by atoms with van der Waals surface area (Å²) >= 11 is 0. The number of aryl methyl sites for hydroxylation is 1. The summed E-state index contributed by atoms with van der Waals surface area (Å²) in [5.41, 5.74) is 1.19. The molecule has 1 unspecified atom stereocenters. The molecule has 1 N–H and O–H groups in total. The van der Waals surface area contributed by atoms with Crippen LogP contribution in [0.1, 0.15) is 26.3 Å². The highest BCUT2D eigenvalue weighted by molar-refractivity contribution is 7.83. The van der Waals surface area contributed by atoms with Gasteiger partial charge in [-0.25, -0.2) is 8.93 Å². The fourth-order valence-corrected chi connectivity index (χ4v) is 1.69. The van der Waals surface area contributed by atoms with Gasteiger partial charge in [0.25, 0.3) is 0 Å². The van der Waals surface area contributed by atoms with Crippen LogP contribution in [0.15, 0.2) is 29.2 Å². The van der Waals surface area contributed by atoms with Gasteiger partial charge in [-0.05, 0) is 19.1 Å². The quantitative estimate of drug-likeness (QED) is 0.821. The number of hydrogen-bond acceptors (Lipinski definition) is 1. The van der Waals surface area contributed by atoms with Crippen LogP contribution in [0.3, 0.4) is 0 Å². The number of rotatable bonds is 3. The smallest absolute Gasteiger partial charge is 0.124 e. The minimum atomic E-state index is -1.04. The fraction of sp³-hybridized carbons (Fsp3) is 0.455. The van der Waals surface area contributed by atoms with E-state index >= 15 is 0 Å². The predicted octanol–water partition coefficient (Wildman–Crippen LogP) is 2.65. The molecule has 0 fully saturated rings. The van der Waals surface area contributed by atoms with Crippen LogP contribution in [0.2, 0.25) is 0 Å². The maximum atomic E-state index is 11.4. The second-order valence-electron chi connectivity index (χ2n) is 2.58. The second kappa shape index (κ2) is 7.71. The molecule has 1 aromatic rings. The first-order chi connectivity index (χ1) is 6.74. The van der Waals surface area contributed by atoms with Gasteiger partial charge in [-0.2, -0.15) is 0 Å². The number of benzene rings is 1. The molecule has 0 aliphatic carbocycles. The standard InChI is InChI=1S/C9H13NOS.C2H6/c1-3-10-12(11)9-6-4-8(2)5-7-9;1-2/h4-7,10H,3H2,1-2H3;1-2H3. The van der Waals surface area contributed by atoms with E-state index in [1.165, 1.54) is 5.56 Å². The van der Waals surface area contributed by atoms with Gasteiger partial charge >= 0.3 is 0 Å². The summed E-state index contributed by atoms with van der Waals surface area (Å²) in [7, 11) is -1.04. The van der Waals surface area contributed by atoms with Crippen molar-refractivity contribution < 1.29 is 4.21 Å². The molecular weight excluding hydrogens is 194 g/mol. The summed E-state index contributed by atoms with van der Waals surface area (Å²) in [6.07, 6.45) is 0. The molecule has 0 saturated carbocycles. The monoisotopic (exact) mass is 213 g/mol. The van der Waals surface area contributed by atoms with E-state index < -0.39 is 11.0 Å². The van der Waals surface area contributed by atoms with Gasteiger partial charge in [0.2, 0.25) is 0 Å². The maximum absolute atomic E-state index is 11.4. The molecule has 0 amide bonds. The van der Waals surface area contributed by atoms with Crippen LogP contribution >= 0.6 is 0 Å². The van der Waals surface area contributed by atoms with Gasteiger partial charge in [0.05, 0.1) is 4.90 Å². The minimum Gasteiger partial charge on any atom is -0.238 e. The molecule has 0 saturated heterocycles. The van der Waals surface area contributed by atoms with Crippen LogP contribution in [0, 0.1) is 6.92 Å². The summed E-state index contributed by atoms with van der Waals surface area (Å²) in [4.78, 5) is 0.836. The molecule has 14 heavy (non-hydrogen) atoms. The molecular formula is C11H19NOS. The van der Waals surface area contributed by atoms with E-state index in [4.69, 9.17) is 0 Å². The van der Waals surface area contributed by atoms with Crippen molar-refractivity contribution in [2.24, 2.45) is 0 Å². The van der Waals surface area contributed by atoms with Crippen LogP contribution in [-0.4, -0.2) is 10.8 Å². The van der Waals surface area contributed by atoms with Crippen LogP contribution in [0.25, 0.3) is 0 Å². The second-order valence-corrected chi connectivity index (χ2v) is 3.88. The molecule has 0 radical (unpaired) electrons. The molecule has 3 heteroatoms. The Labute approximate surface area is 89.3 Å². The lowest BCUT2D eigenvalue weighted by Gasteiger charge is -2.01. The predicted molar refractivity (Wildman–Crippen MR) is 62.6 cm³/mol. The molecule has 1 rings (SSSR count). The molecule has 0 aromatic heterocycles. The molecule has 0 spiro atoms. The van der Waals surface area contributed by atoms with E-state index in [1.54, 1.807) is 0 Å². The molecule has 0 aliphatic rings.